The fourth-order valence-electron chi connectivity index (χ4n) is 3.60. The van der Waals surface area contributed by atoms with E-state index in [4.69, 9.17) is 0 Å². The quantitative estimate of drug-likeness (QED) is 0.560. The van der Waals surface area contributed by atoms with Gasteiger partial charge in [0.25, 0.3) is 5.56 Å². The Morgan fingerprint density at radius 3 is 2.61 bits per heavy atom. The van der Waals surface area contributed by atoms with Crippen molar-refractivity contribution in [2.75, 3.05) is 12.8 Å². The van der Waals surface area contributed by atoms with E-state index in [0.29, 0.717) is 36.5 Å². The third-order valence-electron chi connectivity index (χ3n) is 5.10. The van der Waals surface area contributed by atoms with E-state index >= 15 is 0 Å². The zero-order valence-electron chi connectivity index (χ0n) is 17.4. The lowest BCUT2D eigenvalue weighted by molar-refractivity contribution is -0.274. The van der Waals surface area contributed by atoms with Crippen molar-refractivity contribution in [3.05, 3.63) is 69.8 Å². The molecule has 0 aliphatic carbocycles. The Hall–Kier alpha value is -3.25. The molecule has 3 aromatic rings. The summed E-state index contributed by atoms with van der Waals surface area (Å²) in [6, 6.07) is 9.12. The zero-order chi connectivity index (χ0) is 23.8. The van der Waals surface area contributed by atoms with Crippen LogP contribution in [0.1, 0.15) is 16.8 Å². The summed E-state index contributed by atoms with van der Waals surface area (Å²) in [4.78, 5) is 25.1. The number of rotatable bonds is 5. The number of aromatic amines is 1. The first-order valence-electron chi connectivity index (χ1n) is 9.84. The lowest BCUT2D eigenvalue weighted by Crippen LogP contribution is -2.36. The number of hydrogen-bond acceptors (Lipinski definition) is 7. The maximum Gasteiger partial charge on any atom is 0.573 e. The second-order valence-corrected chi connectivity index (χ2v) is 9.56. The molecule has 1 aliphatic heterocycles. The van der Waals surface area contributed by atoms with Crippen LogP contribution in [0, 0.1) is 0 Å². The molecular formula is C21H19F3N4O4S. The number of sulfone groups is 1. The Morgan fingerprint density at radius 2 is 1.94 bits per heavy atom. The first kappa shape index (κ1) is 22.9. The summed E-state index contributed by atoms with van der Waals surface area (Å²) in [6.07, 6.45) is -1.85. The number of alkyl halides is 3. The van der Waals surface area contributed by atoms with E-state index in [1.807, 2.05) is 4.90 Å². The molecule has 0 fully saturated rings. The highest BCUT2D eigenvalue weighted by atomic mass is 32.2. The smallest absolute Gasteiger partial charge is 0.405 e. The second kappa shape index (κ2) is 8.60. The van der Waals surface area contributed by atoms with Crippen LogP contribution in [0.4, 0.5) is 13.2 Å². The van der Waals surface area contributed by atoms with Crippen LogP contribution in [0.2, 0.25) is 0 Å². The maximum atomic E-state index is 12.7. The number of para-hydroxylation sites is 1. The van der Waals surface area contributed by atoms with Gasteiger partial charge in [0.05, 0.1) is 17.0 Å². The van der Waals surface area contributed by atoms with Gasteiger partial charge >= 0.3 is 6.36 Å². The molecule has 4 rings (SSSR count). The molecule has 1 aromatic carbocycles. The molecule has 1 aliphatic rings. The van der Waals surface area contributed by atoms with E-state index < -0.39 is 21.8 Å². The van der Waals surface area contributed by atoms with Crippen molar-refractivity contribution in [3.63, 3.8) is 0 Å². The van der Waals surface area contributed by atoms with Gasteiger partial charge in [0.15, 0.2) is 0 Å². The molecule has 0 atom stereocenters. The van der Waals surface area contributed by atoms with Gasteiger partial charge in [0.2, 0.25) is 15.0 Å². The molecule has 0 radical (unpaired) electrons. The molecule has 33 heavy (non-hydrogen) atoms. The summed E-state index contributed by atoms with van der Waals surface area (Å²) in [7, 11) is -3.62. The van der Waals surface area contributed by atoms with Crippen molar-refractivity contribution in [2.24, 2.45) is 0 Å². The molecule has 0 spiro atoms. The molecule has 8 nitrogen and oxygen atoms in total. The molecule has 12 heteroatoms. The van der Waals surface area contributed by atoms with Crippen molar-refractivity contribution < 1.29 is 26.3 Å². The maximum absolute atomic E-state index is 12.7. The van der Waals surface area contributed by atoms with Crippen LogP contribution in [0.5, 0.6) is 5.75 Å². The minimum Gasteiger partial charge on any atom is -0.405 e. The summed E-state index contributed by atoms with van der Waals surface area (Å²) in [5.74, 6) is -0.335. The third kappa shape index (κ3) is 5.40. The van der Waals surface area contributed by atoms with Crippen molar-refractivity contribution in [1.82, 2.24) is 19.9 Å². The molecular weight excluding hydrogens is 461 g/mol. The summed E-state index contributed by atoms with van der Waals surface area (Å²) < 4.78 is 65.5. The van der Waals surface area contributed by atoms with Gasteiger partial charge in [-0.1, -0.05) is 18.2 Å². The molecule has 0 saturated carbocycles. The standard InChI is InChI=1S/C21H19F3N4O4S/c1-33(30,31)20-26-17-8-9-28(12-15(17)19(29)27-20)11-13-6-7-16(25-10-13)14-4-2-3-5-18(14)32-21(22,23)24/h2-7,10H,8-9,11-12H2,1H3,(H,26,27,29). The fourth-order valence-corrected chi connectivity index (χ4v) is 4.15. The predicted octanol–water partition coefficient (Wildman–Crippen LogP) is 2.69. The molecule has 0 saturated heterocycles. The minimum atomic E-state index is -4.81. The normalized spacial score (nSPS) is 14.7. The summed E-state index contributed by atoms with van der Waals surface area (Å²) in [6.45, 7) is 1.28. The van der Waals surface area contributed by atoms with Crippen LogP contribution in [0.25, 0.3) is 11.3 Å². The highest BCUT2D eigenvalue weighted by molar-refractivity contribution is 7.90. The highest BCUT2D eigenvalue weighted by Crippen LogP contribution is 2.32. The molecule has 174 valence electrons. The van der Waals surface area contributed by atoms with E-state index in [1.165, 1.54) is 18.2 Å². The first-order chi connectivity index (χ1) is 15.5. The number of fused-ring (bicyclic) bond motifs is 1. The second-order valence-electron chi connectivity index (χ2n) is 7.62. The molecule has 0 bridgehead atoms. The fraction of sp³-hybridized carbons (Fsp3) is 0.286. The lowest BCUT2D eigenvalue weighted by Gasteiger charge is -2.27. The van der Waals surface area contributed by atoms with Crippen LogP contribution < -0.4 is 10.3 Å². The molecule has 3 heterocycles. The topological polar surface area (TPSA) is 105 Å². The molecule has 0 unspecified atom stereocenters. The molecule has 1 N–H and O–H groups in total. The predicted molar refractivity (Wildman–Crippen MR) is 112 cm³/mol. The third-order valence-corrected chi connectivity index (χ3v) is 5.99. The van der Waals surface area contributed by atoms with Crippen molar-refractivity contribution >= 4 is 9.84 Å². The Morgan fingerprint density at radius 1 is 1.18 bits per heavy atom. The van der Waals surface area contributed by atoms with Crippen LogP contribution >= 0.6 is 0 Å². The van der Waals surface area contributed by atoms with Crippen LogP contribution in [-0.4, -0.2) is 47.4 Å². The number of ether oxygens (including phenoxy) is 1. The zero-order valence-corrected chi connectivity index (χ0v) is 18.2. The van der Waals surface area contributed by atoms with Crippen LogP contribution in [-0.2, 0) is 29.3 Å². The minimum absolute atomic E-state index is 0.215. The Balaban J connectivity index is 1.50. The number of aromatic nitrogens is 3. The number of pyridine rings is 1. The van der Waals surface area contributed by atoms with Gasteiger partial charge in [0, 0.05) is 44.1 Å². The number of nitrogens with one attached hydrogen (secondary N) is 1. The van der Waals surface area contributed by atoms with Gasteiger partial charge in [-0.25, -0.2) is 13.4 Å². The number of benzene rings is 1. The highest BCUT2D eigenvalue weighted by Gasteiger charge is 2.32. The van der Waals surface area contributed by atoms with Gasteiger partial charge in [-0.05, 0) is 23.8 Å². The Kier molecular flexibility index (Phi) is 5.97. The summed E-state index contributed by atoms with van der Waals surface area (Å²) in [5.41, 5.74) is 1.74. The number of hydrogen-bond donors (Lipinski definition) is 1. The Labute approximate surface area is 187 Å². The van der Waals surface area contributed by atoms with Gasteiger partial charge in [-0.2, -0.15) is 0 Å². The first-order valence-corrected chi connectivity index (χ1v) is 11.7. The van der Waals surface area contributed by atoms with Crippen LogP contribution in [0.15, 0.2) is 52.5 Å². The van der Waals surface area contributed by atoms with Crippen molar-refractivity contribution in [2.45, 2.75) is 31.0 Å². The van der Waals surface area contributed by atoms with E-state index in [0.717, 1.165) is 11.8 Å². The average molecular weight is 480 g/mol. The van der Waals surface area contributed by atoms with E-state index in [-0.39, 0.29) is 23.0 Å². The van der Waals surface area contributed by atoms with E-state index in [1.54, 1.807) is 24.4 Å². The molecule has 2 aromatic heterocycles. The van der Waals surface area contributed by atoms with Crippen LogP contribution in [0.3, 0.4) is 0 Å². The average Bonchev–Trinajstić information content (AvgIpc) is 2.73. The number of halogens is 3. The summed E-state index contributed by atoms with van der Waals surface area (Å²) in [5, 5.41) is -0.339. The van der Waals surface area contributed by atoms with Gasteiger partial charge in [-0.15, -0.1) is 13.2 Å². The Bertz CT molecular complexity index is 1340. The van der Waals surface area contributed by atoms with Gasteiger partial charge in [0.1, 0.15) is 5.75 Å². The SMILES string of the molecule is CS(=O)(=O)c1nc2c(c(=O)[nH]1)CN(Cc1ccc(-c3ccccc3OC(F)(F)F)nc1)CC2. The monoisotopic (exact) mass is 480 g/mol. The lowest BCUT2D eigenvalue weighted by atomic mass is 10.1. The van der Waals surface area contributed by atoms with Gasteiger partial charge < -0.3 is 4.74 Å². The van der Waals surface area contributed by atoms with E-state index in [2.05, 4.69) is 19.7 Å². The van der Waals surface area contributed by atoms with Crippen molar-refractivity contribution in [3.8, 4) is 17.0 Å². The van der Waals surface area contributed by atoms with Gasteiger partial charge in [-0.3, -0.25) is 19.7 Å². The van der Waals surface area contributed by atoms with Crippen molar-refractivity contribution in [1.29, 1.82) is 0 Å². The van der Waals surface area contributed by atoms with E-state index in [9.17, 15) is 26.4 Å². The largest absolute Gasteiger partial charge is 0.573 e. The number of nitrogens with zero attached hydrogens (tertiary/aromatic N) is 3. The molecule has 0 amide bonds. The number of H-pyrrole nitrogens is 1. The summed E-state index contributed by atoms with van der Waals surface area (Å²) >= 11 is 0.